The third-order valence-electron chi connectivity index (χ3n) is 2.10. The largest absolute Gasteiger partial charge is 0.345 e. The lowest BCUT2D eigenvalue weighted by Crippen LogP contribution is -2.31. The molecule has 1 atom stereocenters. The highest BCUT2D eigenvalue weighted by Gasteiger charge is 2.20. The third-order valence-corrected chi connectivity index (χ3v) is 3.36. The maximum atomic E-state index is 8.71. The molecule has 1 rings (SSSR count). The first kappa shape index (κ1) is 11.8. The van der Waals surface area contributed by atoms with Crippen molar-refractivity contribution in [1.82, 2.24) is 4.98 Å². The number of hydrogen-bond acceptors (Lipinski definition) is 4. The zero-order valence-corrected chi connectivity index (χ0v) is 10.0. The number of rotatable bonds is 3. The fourth-order valence-corrected chi connectivity index (χ4v) is 1.96. The molecule has 1 N–H and O–H groups in total. The van der Waals surface area contributed by atoms with Crippen LogP contribution in [0.2, 0.25) is 5.15 Å². The summed E-state index contributed by atoms with van der Waals surface area (Å²) in [5, 5.41) is 12.6. The number of hydrogen-bond donors (Lipinski definition) is 1. The Labute approximate surface area is 98.1 Å². The topological polar surface area (TPSA) is 48.7 Å². The SMILES string of the molecule is C#CC(C)(CC)Nc1nc(Cl)c(C#N)s1. The van der Waals surface area contributed by atoms with Crippen molar-refractivity contribution < 1.29 is 0 Å². The smallest absolute Gasteiger partial charge is 0.186 e. The van der Waals surface area contributed by atoms with Gasteiger partial charge in [-0.1, -0.05) is 35.8 Å². The number of nitriles is 1. The van der Waals surface area contributed by atoms with Crippen LogP contribution in [0, 0.1) is 23.7 Å². The van der Waals surface area contributed by atoms with E-state index in [1.54, 1.807) is 0 Å². The minimum Gasteiger partial charge on any atom is -0.345 e. The summed E-state index contributed by atoms with van der Waals surface area (Å²) in [7, 11) is 0. The quantitative estimate of drug-likeness (QED) is 0.826. The molecule has 1 heterocycles. The van der Waals surface area contributed by atoms with Crippen LogP contribution in [-0.2, 0) is 0 Å². The number of halogens is 1. The molecule has 0 saturated carbocycles. The van der Waals surface area contributed by atoms with Crippen molar-refractivity contribution in [2.24, 2.45) is 0 Å². The maximum absolute atomic E-state index is 8.71. The van der Waals surface area contributed by atoms with Crippen LogP contribution < -0.4 is 5.32 Å². The minimum absolute atomic E-state index is 0.223. The van der Waals surface area contributed by atoms with Gasteiger partial charge in [0.15, 0.2) is 10.3 Å². The van der Waals surface area contributed by atoms with Crippen LogP contribution in [0.25, 0.3) is 0 Å². The molecule has 0 aliphatic rings. The first-order valence-electron chi connectivity index (χ1n) is 4.37. The van der Waals surface area contributed by atoms with Gasteiger partial charge in [-0.05, 0) is 13.3 Å². The van der Waals surface area contributed by atoms with Crippen molar-refractivity contribution in [2.45, 2.75) is 25.8 Å². The Hall–Kier alpha value is -1.23. The van der Waals surface area contributed by atoms with E-state index in [-0.39, 0.29) is 5.15 Å². The van der Waals surface area contributed by atoms with Gasteiger partial charge in [0, 0.05) is 0 Å². The monoisotopic (exact) mass is 239 g/mol. The number of aromatic nitrogens is 1. The maximum Gasteiger partial charge on any atom is 0.186 e. The predicted molar refractivity (Wildman–Crippen MR) is 63.0 cm³/mol. The predicted octanol–water partition coefficient (Wildman–Crippen LogP) is 2.88. The molecule has 0 aliphatic carbocycles. The highest BCUT2D eigenvalue weighted by Crippen LogP contribution is 2.28. The van der Waals surface area contributed by atoms with Gasteiger partial charge in [-0.15, -0.1) is 6.42 Å². The normalized spacial score (nSPS) is 13.7. The molecule has 0 saturated heterocycles. The van der Waals surface area contributed by atoms with Crippen molar-refractivity contribution in [3.05, 3.63) is 10.0 Å². The van der Waals surface area contributed by atoms with Gasteiger partial charge in [0.1, 0.15) is 10.9 Å². The van der Waals surface area contributed by atoms with E-state index in [1.807, 2.05) is 19.9 Å². The number of thiazole rings is 1. The van der Waals surface area contributed by atoms with Crippen LogP contribution in [0.1, 0.15) is 25.1 Å². The fraction of sp³-hybridized carbons (Fsp3) is 0.400. The van der Waals surface area contributed by atoms with Gasteiger partial charge in [0.05, 0.1) is 5.54 Å². The van der Waals surface area contributed by atoms with Crippen molar-refractivity contribution in [3.63, 3.8) is 0 Å². The lowest BCUT2D eigenvalue weighted by atomic mass is 10.0. The van der Waals surface area contributed by atoms with E-state index in [0.717, 1.165) is 6.42 Å². The first-order chi connectivity index (χ1) is 7.04. The number of terminal acetylenes is 1. The average molecular weight is 240 g/mol. The average Bonchev–Trinajstić information content (AvgIpc) is 2.58. The Bertz CT molecular complexity index is 441. The van der Waals surface area contributed by atoms with E-state index in [0.29, 0.717) is 10.0 Å². The van der Waals surface area contributed by atoms with Crippen molar-refractivity contribution >= 4 is 28.1 Å². The van der Waals surface area contributed by atoms with Gasteiger partial charge in [-0.2, -0.15) is 5.26 Å². The Morgan fingerprint density at radius 2 is 2.40 bits per heavy atom. The molecular formula is C10H10ClN3S. The number of nitrogens with zero attached hydrogens (tertiary/aromatic N) is 2. The molecule has 0 fully saturated rings. The summed E-state index contributed by atoms with van der Waals surface area (Å²) in [6.45, 7) is 3.88. The summed E-state index contributed by atoms with van der Waals surface area (Å²) >= 11 is 6.95. The van der Waals surface area contributed by atoms with Gasteiger partial charge in [0.25, 0.3) is 0 Å². The molecule has 5 heteroatoms. The van der Waals surface area contributed by atoms with Crippen LogP contribution in [0.5, 0.6) is 0 Å². The van der Waals surface area contributed by atoms with E-state index in [1.165, 1.54) is 11.3 Å². The molecule has 1 aromatic rings. The summed E-state index contributed by atoms with van der Waals surface area (Å²) in [5.41, 5.74) is -0.450. The molecule has 1 unspecified atom stereocenters. The van der Waals surface area contributed by atoms with Crippen LogP contribution in [-0.4, -0.2) is 10.5 Å². The Kier molecular flexibility index (Phi) is 3.57. The lowest BCUT2D eigenvalue weighted by molar-refractivity contribution is 0.634. The van der Waals surface area contributed by atoms with E-state index < -0.39 is 5.54 Å². The number of anilines is 1. The van der Waals surface area contributed by atoms with Crippen LogP contribution in [0.3, 0.4) is 0 Å². The molecule has 0 spiro atoms. The van der Waals surface area contributed by atoms with Gasteiger partial charge in [0.2, 0.25) is 0 Å². The van der Waals surface area contributed by atoms with Crippen molar-refractivity contribution in [2.75, 3.05) is 5.32 Å². The Balaban J connectivity index is 2.92. The molecule has 0 radical (unpaired) electrons. The molecule has 78 valence electrons. The highest BCUT2D eigenvalue weighted by molar-refractivity contribution is 7.16. The standard InChI is InChI=1S/C10H10ClN3S/c1-4-10(3,5-2)14-9-13-8(11)7(6-12)15-9/h1H,5H2,2-3H3,(H,13,14). The molecule has 0 aliphatic heterocycles. The second kappa shape index (κ2) is 4.53. The molecule has 0 amide bonds. The summed E-state index contributed by atoms with van der Waals surface area (Å²) in [6, 6.07) is 1.97. The Morgan fingerprint density at radius 3 is 2.80 bits per heavy atom. The fourth-order valence-electron chi connectivity index (χ4n) is 0.886. The van der Waals surface area contributed by atoms with Crippen LogP contribution >= 0.6 is 22.9 Å². The molecular weight excluding hydrogens is 230 g/mol. The lowest BCUT2D eigenvalue weighted by Gasteiger charge is -2.22. The third kappa shape index (κ3) is 2.62. The summed E-state index contributed by atoms with van der Waals surface area (Å²) < 4.78 is 0. The zero-order chi connectivity index (χ0) is 11.5. The summed E-state index contributed by atoms with van der Waals surface area (Å²) in [6.07, 6.45) is 6.18. The summed E-state index contributed by atoms with van der Waals surface area (Å²) in [4.78, 5) is 4.41. The zero-order valence-electron chi connectivity index (χ0n) is 8.47. The van der Waals surface area contributed by atoms with Gasteiger partial charge < -0.3 is 5.32 Å². The minimum atomic E-state index is -0.450. The first-order valence-corrected chi connectivity index (χ1v) is 5.56. The number of nitrogens with one attached hydrogen (secondary N) is 1. The second-order valence-electron chi connectivity index (χ2n) is 3.21. The van der Waals surface area contributed by atoms with Crippen molar-refractivity contribution in [3.8, 4) is 18.4 Å². The summed E-state index contributed by atoms with van der Waals surface area (Å²) in [5.74, 6) is 2.65. The second-order valence-corrected chi connectivity index (χ2v) is 4.56. The van der Waals surface area contributed by atoms with E-state index >= 15 is 0 Å². The highest BCUT2D eigenvalue weighted by atomic mass is 35.5. The van der Waals surface area contributed by atoms with E-state index in [2.05, 4.69) is 16.2 Å². The molecule has 0 aromatic carbocycles. The van der Waals surface area contributed by atoms with Crippen LogP contribution in [0.4, 0.5) is 5.13 Å². The van der Waals surface area contributed by atoms with Gasteiger partial charge >= 0.3 is 0 Å². The Morgan fingerprint density at radius 1 is 1.73 bits per heavy atom. The molecule has 0 bridgehead atoms. The van der Waals surface area contributed by atoms with Gasteiger partial charge in [-0.25, -0.2) is 4.98 Å². The molecule has 1 aromatic heterocycles. The van der Waals surface area contributed by atoms with Crippen molar-refractivity contribution in [1.29, 1.82) is 5.26 Å². The molecule has 15 heavy (non-hydrogen) atoms. The molecule has 3 nitrogen and oxygen atoms in total. The van der Waals surface area contributed by atoms with Crippen LogP contribution in [0.15, 0.2) is 0 Å². The van der Waals surface area contributed by atoms with E-state index in [9.17, 15) is 0 Å². The van der Waals surface area contributed by atoms with Gasteiger partial charge in [-0.3, -0.25) is 0 Å². The van der Waals surface area contributed by atoms with E-state index in [4.69, 9.17) is 23.3 Å².